The van der Waals surface area contributed by atoms with Crippen molar-refractivity contribution < 1.29 is 15.3 Å². The Kier molecular flexibility index (Phi) is 18.9. The summed E-state index contributed by atoms with van der Waals surface area (Å²) in [6, 6.07) is 18.1. The van der Waals surface area contributed by atoms with Crippen LogP contribution in [0.1, 0.15) is 37.3 Å². The first-order valence-electron chi connectivity index (χ1n) is 7.96. The lowest BCUT2D eigenvalue weighted by Crippen LogP contribution is -1.91. The lowest BCUT2D eigenvalue weighted by molar-refractivity contribution is 0.284. The summed E-state index contributed by atoms with van der Waals surface area (Å²) in [4.78, 5) is 0. The zero-order valence-electron chi connectivity index (χ0n) is 14.8. The number of thiocarbonyl (C=S) groups is 2. The molecule has 2 aromatic carbocycles. The largest absolute Gasteiger partial charge is 0.499 e. The second kappa shape index (κ2) is 19.0. The van der Waals surface area contributed by atoms with E-state index in [4.69, 9.17) is 20.6 Å². The Labute approximate surface area is 166 Å². The number of benzene rings is 2. The second-order valence-corrected chi connectivity index (χ2v) is 5.55. The third-order valence-electron chi connectivity index (χ3n) is 2.80. The lowest BCUT2D eigenvalue weighted by Gasteiger charge is -1.91. The molecule has 0 aromatic heterocycles. The first-order valence-corrected chi connectivity index (χ1v) is 8.77. The fraction of sp³-hybridized carbons (Fsp3) is 0.250. The summed E-state index contributed by atoms with van der Waals surface area (Å²) >= 11 is 9.04. The topological polar surface area (TPSA) is 84.5 Å². The molecule has 0 spiro atoms. The molecule has 0 radical (unpaired) electrons. The molecule has 4 nitrogen and oxygen atoms in total. The van der Waals surface area contributed by atoms with Gasteiger partial charge in [-0.1, -0.05) is 80.4 Å². The molecule has 0 bridgehead atoms. The third kappa shape index (κ3) is 15.2. The molecule has 2 aromatic rings. The van der Waals surface area contributed by atoms with Crippen LogP contribution in [-0.2, 0) is 0 Å². The van der Waals surface area contributed by atoms with Gasteiger partial charge in [-0.05, 0) is 30.9 Å². The first-order chi connectivity index (χ1) is 12.5. The number of aliphatic hydroxyl groups excluding tert-OH is 3. The molecule has 0 saturated heterocycles. The normalized spacial score (nSPS) is 8.31. The molecule has 0 aliphatic carbocycles. The quantitative estimate of drug-likeness (QED) is 0.483. The van der Waals surface area contributed by atoms with E-state index in [9.17, 15) is 0 Å². The second-order valence-electron chi connectivity index (χ2n) is 4.77. The Bertz CT molecular complexity index is 563. The van der Waals surface area contributed by atoms with E-state index in [1.165, 1.54) is 6.42 Å². The van der Waals surface area contributed by atoms with E-state index in [0.29, 0.717) is 17.7 Å². The number of nitrogens with zero attached hydrogens (tertiary/aromatic N) is 1. The van der Waals surface area contributed by atoms with Crippen LogP contribution in [0.15, 0.2) is 60.7 Å². The van der Waals surface area contributed by atoms with Crippen LogP contribution in [0, 0.1) is 11.8 Å². The van der Waals surface area contributed by atoms with Gasteiger partial charge in [-0.3, -0.25) is 0 Å². The van der Waals surface area contributed by atoms with Gasteiger partial charge in [0.25, 0.3) is 0 Å². The summed E-state index contributed by atoms with van der Waals surface area (Å²) < 4.78 is 0. The number of rotatable bonds is 5. The standard InChI is InChI=1S/2C7H6OS.C5H12O.CHN/c2*8-7(9)6-4-2-1-3-5-6;1-2-3-4-5-6;1-2/h2*1-5H,(H,8,9);6H,2-5H2,1H3;1H. The molecule has 3 N–H and O–H groups in total. The SMILES string of the molecule is C#N.CCCCCO.OC(=S)c1ccccc1.OC(=S)c1ccccc1. The Morgan fingerprint density at radius 1 is 0.808 bits per heavy atom. The number of aliphatic hydroxyl groups is 3. The molecule has 0 aliphatic rings. The number of unbranched alkanes of at least 4 members (excludes halogenated alkanes) is 2. The van der Waals surface area contributed by atoms with E-state index in [0.717, 1.165) is 12.8 Å². The van der Waals surface area contributed by atoms with Crippen molar-refractivity contribution in [3.05, 3.63) is 71.8 Å². The minimum atomic E-state index is -0.0457. The predicted molar refractivity (Wildman–Crippen MR) is 115 cm³/mol. The first kappa shape index (κ1) is 25.9. The zero-order valence-corrected chi connectivity index (χ0v) is 16.4. The van der Waals surface area contributed by atoms with Crippen molar-refractivity contribution in [2.75, 3.05) is 6.61 Å². The molecule has 0 saturated carbocycles. The van der Waals surface area contributed by atoms with Crippen molar-refractivity contribution in [3.8, 4) is 6.57 Å². The molecule has 0 amide bonds. The van der Waals surface area contributed by atoms with Crippen molar-refractivity contribution in [1.29, 1.82) is 5.26 Å². The Morgan fingerprint density at radius 2 is 1.15 bits per heavy atom. The minimum Gasteiger partial charge on any atom is -0.499 e. The monoisotopic (exact) mass is 391 g/mol. The highest BCUT2D eigenvalue weighted by Crippen LogP contribution is 1.98. The fourth-order valence-corrected chi connectivity index (χ4v) is 1.80. The van der Waals surface area contributed by atoms with Crippen LogP contribution < -0.4 is 0 Å². The maximum Gasteiger partial charge on any atom is 0.188 e. The average molecular weight is 392 g/mol. The highest BCUT2D eigenvalue weighted by Gasteiger charge is 1.92. The Morgan fingerprint density at radius 3 is 1.31 bits per heavy atom. The minimum absolute atomic E-state index is 0.0457. The van der Waals surface area contributed by atoms with Gasteiger partial charge in [0.1, 0.15) is 0 Å². The highest BCUT2D eigenvalue weighted by atomic mass is 32.1. The molecular weight excluding hydrogens is 366 g/mol. The molecule has 0 fully saturated rings. The summed E-state index contributed by atoms with van der Waals surface area (Å²) in [5, 5.41) is 32.1. The molecule has 0 unspecified atom stereocenters. The van der Waals surface area contributed by atoms with E-state index in [2.05, 4.69) is 37.9 Å². The van der Waals surface area contributed by atoms with Gasteiger partial charge in [0, 0.05) is 24.3 Å². The van der Waals surface area contributed by atoms with Crippen LogP contribution in [0.4, 0.5) is 0 Å². The molecule has 2 rings (SSSR count). The van der Waals surface area contributed by atoms with Gasteiger partial charge in [0.2, 0.25) is 0 Å². The van der Waals surface area contributed by atoms with Crippen molar-refractivity contribution in [1.82, 2.24) is 0 Å². The van der Waals surface area contributed by atoms with Crippen molar-refractivity contribution in [2.24, 2.45) is 0 Å². The summed E-state index contributed by atoms with van der Waals surface area (Å²) in [6.45, 7) is 5.98. The van der Waals surface area contributed by atoms with Gasteiger partial charge < -0.3 is 15.3 Å². The summed E-state index contributed by atoms with van der Waals surface area (Å²) in [5.74, 6) is 0. The van der Waals surface area contributed by atoms with E-state index >= 15 is 0 Å². The van der Waals surface area contributed by atoms with E-state index < -0.39 is 0 Å². The summed E-state index contributed by atoms with van der Waals surface area (Å²) in [6.07, 6.45) is 3.33. The van der Waals surface area contributed by atoms with Crippen LogP contribution in [0.2, 0.25) is 0 Å². The smallest absolute Gasteiger partial charge is 0.188 e. The van der Waals surface area contributed by atoms with Gasteiger partial charge in [0.15, 0.2) is 10.1 Å². The highest BCUT2D eigenvalue weighted by molar-refractivity contribution is 7.80. The maximum absolute atomic E-state index is 8.76. The van der Waals surface area contributed by atoms with Crippen LogP contribution >= 0.6 is 24.4 Å². The van der Waals surface area contributed by atoms with Crippen LogP contribution in [-0.4, -0.2) is 32.0 Å². The summed E-state index contributed by atoms with van der Waals surface area (Å²) in [7, 11) is 0. The lowest BCUT2D eigenvalue weighted by atomic mass is 10.2. The van der Waals surface area contributed by atoms with Gasteiger partial charge >= 0.3 is 0 Å². The van der Waals surface area contributed by atoms with Crippen molar-refractivity contribution in [3.63, 3.8) is 0 Å². The third-order valence-corrected chi connectivity index (χ3v) is 3.27. The molecule has 140 valence electrons. The van der Waals surface area contributed by atoms with Crippen LogP contribution in [0.3, 0.4) is 0 Å². The predicted octanol–water partition coefficient (Wildman–Crippen LogP) is 5.15. The molecular formula is C20H25NO3S2. The van der Waals surface area contributed by atoms with Gasteiger partial charge in [-0.25, -0.2) is 5.26 Å². The van der Waals surface area contributed by atoms with Gasteiger partial charge in [-0.15, -0.1) is 0 Å². The molecule has 0 heterocycles. The zero-order chi connectivity index (χ0) is 20.2. The molecule has 0 aliphatic heterocycles. The molecule has 26 heavy (non-hydrogen) atoms. The van der Waals surface area contributed by atoms with Crippen LogP contribution in [0.5, 0.6) is 0 Å². The summed E-state index contributed by atoms with van der Waals surface area (Å²) in [5.41, 5.74) is 1.40. The van der Waals surface area contributed by atoms with E-state index in [1.54, 1.807) is 24.3 Å². The van der Waals surface area contributed by atoms with Crippen molar-refractivity contribution in [2.45, 2.75) is 26.2 Å². The fourth-order valence-electron chi connectivity index (χ4n) is 1.52. The van der Waals surface area contributed by atoms with Crippen LogP contribution in [0.25, 0.3) is 0 Å². The number of nitriles is 1. The Balaban J connectivity index is 0. The van der Waals surface area contributed by atoms with Crippen molar-refractivity contribution >= 4 is 34.5 Å². The molecule has 6 heteroatoms. The van der Waals surface area contributed by atoms with E-state index in [-0.39, 0.29) is 10.1 Å². The number of hydrogen-bond acceptors (Lipinski definition) is 4. The van der Waals surface area contributed by atoms with Gasteiger partial charge in [-0.2, -0.15) is 0 Å². The number of hydrogen-bond donors (Lipinski definition) is 3. The Hall–Kier alpha value is -2.33. The molecule has 0 atom stereocenters. The van der Waals surface area contributed by atoms with Gasteiger partial charge in [0.05, 0.1) is 0 Å². The average Bonchev–Trinajstić information content (AvgIpc) is 2.70. The maximum atomic E-state index is 8.76. The van der Waals surface area contributed by atoms with E-state index in [1.807, 2.05) is 36.4 Å².